The Morgan fingerprint density at radius 3 is 2.12 bits per heavy atom. The normalized spacial score (nSPS) is 14.0. The van der Waals surface area contributed by atoms with Gasteiger partial charge in [0, 0.05) is 6.20 Å². The lowest BCUT2D eigenvalue weighted by atomic mass is 10.1. The summed E-state index contributed by atoms with van der Waals surface area (Å²) in [5.74, 6) is -0.389. The molecule has 2 heterocycles. The molecule has 1 aliphatic rings. The number of anilines is 1. The van der Waals surface area contributed by atoms with Crippen LogP contribution in [0.5, 0.6) is 0 Å². The third-order valence-corrected chi connectivity index (χ3v) is 2.59. The lowest BCUT2D eigenvalue weighted by Gasteiger charge is -2.11. The van der Waals surface area contributed by atoms with Crippen molar-refractivity contribution in [1.29, 1.82) is 0 Å². The molecule has 2 amide bonds. The molecule has 0 N–H and O–H groups in total. The molecule has 0 atom stereocenters. The van der Waals surface area contributed by atoms with Crippen LogP contribution in [0.2, 0.25) is 0 Å². The number of hydrogen-bond donors (Lipinski definition) is 0. The van der Waals surface area contributed by atoms with Gasteiger partial charge in [0.15, 0.2) is 0 Å². The number of hydrogen-bond acceptors (Lipinski definition) is 4. The first-order chi connectivity index (χ1) is 8.29. The van der Waals surface area contributed by atoms with Crippen LogP contribution in [0.1, 0.15) is 20.7 Å². The summed E-state index contributed by atoms with van der Waals surface area (Å²) in [5, 5.41) is 0. The number of nitrogens with zero attached hydrogens (tertiary/aromatic N) is 3. The van der Waals surface area contributed by atoms with Crippen LogP contribution >= 0.6 is 0 Å². The van der Waals surface area contributed by atoms with Gasteiger partial charge in [-0.25, -0.2) is 14.9 Å². The van der Waals surface area contributed by atoms with Gasteiger partial charge < -0.3 is 0 Å². The van der Waals surface area contributed by atoms with Gasteiger partial charge in [-0.3, -0.25) is 9.59 Å². The third kappa shape index (κ3) is 1.32. The molecule has 5 nitrogen and oxygen atoms in total. The van der Waals surface area contributed by atoms with Crippen LogP contribution in [-0.4, -0.2) is 21.8 Å². The zero-order chi connectivity index (χ0) is 11.8. The lowest BCUT2D eigenvalue weighted by Crippen LogP contribution is -2.30. The fourth-order valence-corrected chi connectivity index (χ4v) is 1.81. The van der Waals surface area contributed by atoms with Crippen molar-refractivity contribution in [3.8, 4) is 0 Å². The molecule has 0 spiro atoms. The second-order valence-corrected chi connectivity index (χ2v) is 3.56. The highest BCUT2D eigenvalue weighted by Gasteiger charge is 2.36. The number of carbonyl (C=O) groups is 2. The summed E-state index contributed by atoms with van der Waals surface area (Å²) in [4.78, 5) is 32.8. The van der Waals surface area contributed by atoms with E-state index in [1.54, 1.807) is 24.3 Å². The van der Waals surface area contributed by atoms with E-state index in [1.807, 2.05) is 0 Å². The number of carbonyl (C=O) groups excluding carboxylic acids is 2. The molecule has 1 aliphatic heterocycles. The van der Waals surface area contributed by atoms with E-state index in [0.29, 0.717) is 16.9 Å². The van der Waals surface area contributed by atoms with Crippen molar-refractivity contribution in [3.63, 3.8) is 0 Å². The molecule has 0 radical (unpaired) electrons. The average molecular weight is 225 g/mol. The quantitative estimate of drug-likeness (QED) is 0.686. The summed E-state index contributed by atoms with van der Waals surface area (Å²) >= 11 is 0. The molecule has 0 saturated carbocycles. The Balaban J connectivity index is 2.13. The van der Waals surface area contributed by atoms with Gasteiger partial charge in [0.25, 0.3) is 11.8 Å². The Morgan fingerprint density at radius 2 is 1.59 bits per heavy atom. The molecule has 2 aromatic rings. The van der Waals surface area contributed by atoms with Crippen LogP contribution < -0.4 is 4.90 Å². The number of aromatic nitrogens is 2. The second kappa shape index (κ2) is 3.48. The number of rotatable bonds is 1. The summed E-state index contributed by atoms with van der Waals surface area (Å²) in [7, 11) is 0. The first kappa shape index (κ1) is 9.65. The van der Waals surface area contributed by atoms with Gasteiger partial charge in [0.05, 0.1) is 11.1 Å². The van der Waals surface area contributed by atoms with E-state index in [2.05, 4.69) is 9.97 Å². The zero-order valence-corrected chi connectivity index (χ0v) is 8.70. The fraction of sp³-hybridized carbons (Fsp3) is 0. The SMILES string of the molecule is O=C1c2ccccc2C(=O)N1c1ccncn1. The third-order valence-electron chi connectivity index (χ3n) is 2.59. The smallest absolute Gasteiger partial charge is 0.267 e. The topological polar surface area (TPSA) is 63.2 Å². The van der Waals surface area contributed by atoms with Crippen molar-refractivity contribution in [3.05, 3.63) is 54.0 Å². The van der Waals surface area contributed by atoms with E-state index in [9.17, 15) is 9.59 Å². The van der Waals surface area contributed by atoms with Gasteiger partial charge in [-0.1, -0.05) is 12.1 Å². The van der Waals surface area contributed by atoms with Crippen LogP contribution in [-0.2, 0) is 0 Å². The summed E-state index contributed by atoms with van der Waals surface area (Å²) < 4.78 is 0. The molecule has 0 fully saturated rings. The molecule has 0 aliphatic carbocycles. The van der Waals surface area contributed by atoms with Crippen LogP contribution in [0, 0.1) is 0 Å². The fourth-order valence-electron chi connectivity index (χ4n) is 1.81. The number of benzene rings is 1. The Hall–Kier alpha value is -2.56. The first-order valence-electron chi connectivity index (χ1n) is 5.03. The standard InChI is InChI=1S/C12H7N3O2/c16-11-8-3-1-2-4-9(8)12(17)15(11)10-5-6-13-7-14-10/h1-7H. The highest BCUT2D eigenvalue weighted by atomic mass is 16.2. The number of amides is 2. The molecule has 1 aromatic heterocycles. The van der Waals surface area contributed by atoms with E-state index >= 15 is 0 Å². The number of fused-ring (bicyclic) bond motifs is 1. The van der Waals surface area contributed by atoms with Crippen molar-refractivity contribution in [1.82, 2.24) is 9.97 Å². The Kier molecular flexibility index (Phi) is 1.98. The maximum Gasteiger partial charge on any atom is 0.267 e. The van der Waals surface area contributed by atoms with E-state index in [4.69, 9.17) is 0 Å². The molecule has 82 valence electrons. The predicted octanol–water partition coefficient (Wildman–Crippen LogP) is 1.28. The van der Waals surface area contributed by atoms with Crippen LogP contribution in [0.25, 0.3) is 0 Å². The van der Waals surface area contributed by atoms with E-state index in [1.165, 1.54) is 18.6 Å². The maximum absolute atomic E-state index is 12.1. The molecule has 3 rings (SSSR count). The largest absolute Gasteiger partial charge is 0.268 e. The van der Waals surface area contributed by atoms with Crippen molar-refractivity contribution < 1.29 is 9.59 Å². The minimum atomic E-state index is -0.343. The highest BCUT2D eigenvalue weighted by molar-refractivity contribution is 6.34. The lowest BCUT2D eigenvalue weighted by molar-refractivity contribution is 0.0925. The molecular formula is C12H7N3O2. The van der Waals surface area contributed by atoms with E-state index < -0.39 is 0 Å². The van der Waals surface area contributed by atoms with Crippen molar-refractivity contribution in [2.45, 2.75) is 0 Å². The monoisotopic (exact) mass is 225 g/mol. The first-order valence-corrected chi connectivity index (χ1v) is 5.03. The van der Waals surface area contributed by atoms with E-state index in [0.717, 1.165) is 4.90 Å². The van der Waals surface area contributed by atoms with Gasteiger partial charge in [-0.2, -0.15) is 0 Å². The summed E-state index contributed by atoms with van der Waals surface area (Å²) in [6.45, 7) is 0. The van der Waals surface area contributed by atoms with Gasteiger partial charge in [0.1, 0.15) is 12.1 Å². The Labute approximate surface area is 96.7 Å². The molecule has 5 heteroatoms. The molecular weight excluding hydrogens is 218 g/mol. The second-order valence-electron chi connectivity index (χ2n) is 3.56. The molecule has 0 unspecified atom stereocenters. The van der Waals surface area contributed by atoms with Gasteiger partial charge in [-0.15, -0.1) is 0 Å². The summed E-state index contributed by atoms with van der Waals surface area (Å²) in [6.07, 6.45) is 2.80. The summed E-state index contributed by atoms with van der Waals surface area (Å²) in [6, 6.07) is 8.26. The highest BCUT2D eigenvalue weighted by Crippen LogP contribution is 2.26. The minimum absolute atomic E-state index is 0.297. The van der Waals surface area contributed by atoms with Crippen LogP contribution in [0.3, 0.4) is 0 Å². The van der Waals surface area contributed by atoms with Crippen molar-refractivity contribution in [2.24, 2.45) is 0 Å². The Morgan fingerprint density at radius 1 is 0.941 bits per heavy atom. The van der Waals surface area contributed by atoms with E-state index in [-0.39, 0.29) is 11.8 Å². The molecule has 17 heavy (non-hydrogen) atoms. The number of imide groups is 1. The maximum atomic E-state index is 12.1. The predicted molar refractivity (Wildman–Crippen MR) is 59.6 cm³/mol. The van der Waals surface area contributed by atoms with Gasteiger partial charge in [-0.05, 0) is 18.2 Å². The molecule has 0 bridgehead atoms. The van der Waals surface area contributed by atoms with Crippen LogP contribution in [0.4, 0.5) is 5.82 Å². The minimum Gasteiger partial charge on any atom is -0.268 e. The van der Waals surface area contributed by atoms with Crippen molar-refractivity contribution >= 4 is 17.6 Å². The van der Waals surface area contributed by atoms with Crippen molar-refractivity contribution in [2.75, 3.05) is 4.90 Å². The molecule has 1 aromatic carbocycles. The summed E-state index contributed by atoms with van der Waals surface area (Å²) in [5.41, 5.74) is 0.826. The van der Waals surface area contributed by atoms with Gasteiger partial charge >= 0.3 is 0 Å². The average Bonchev–Trinajstić information content (AvgIpc) is 2.64. The zero-order valence-electron chi connectivity index (χ0n) is 8.70. The molecule has 0 saturated heterocycles. The van der Waals surface area contributed by atoms with Gasteiger partial charge in [0.2, 0.25) is 0 Å². The van der Waals surface area contributed by atoms with Crippen LogP contribution in [0.15, 0.2) is 42.9 Å². The Bertz CT molecular complexity index is 575.